The second-order valence-electron chi connectivity index (χ2n) is 5.38. The Morgan fingerprint density at radius 3 is 2.73 bits per heavy atom. The predicted octanol–water partition coefficient (Wildman–Crippen LogP) is 2.85. The standard InChI is InChI=1S/C17H22N4O/c1-5-6-7-10-21(4)15-9-8-14(11-18-15)16-19-13(3)12(2)17(22)20-16/h5,8-9,11H,1,6-7,10H2,2-4H3,(H,19,20,22). The van der Waals surface area contributed by atoms with Crippen molar-refractivity contribution in [3.63, 3.8) is 0 Å². The summed E-state index contributed by atoms with van der Waals surface area (Å²) in [7, 11) is 2.02. The van der Waals surface area contributed by atoms with Crippen LogP contribution in [0.4, 0.5) is 5.82 Å². The van der Waals surface area contributed by atoms with Crippen molar-refractivity contribution in [2.75, 3.05) is 18.5 Å². The smallest absolute Gasteiger partial charge is 0.254 e. The molecule has 5 heteroatoms. The van der Waals surface area contributed by atoms with Crippen LogP contribution in [-0.4, -0.2) is 28.5 Å². The maximum absolute atomic E-state index is 11.8. The van der Waals surface area contributed by atoms with Crippen molar-refractivity contribution >= 4 is 5.82 Å². The molecule has 1 N–H and O–H groups in total. The highest BCUT2D eigenvalue weighted by Gasteiger charge is 2.07. The number of aryl methyl sites for hydroxylation is 1. The Kier molecular flexibility index (Phi) is 5.09. The molecule has 0 spiro atoms. The number of nitrogens with one attached hydrogen (secondary N) is 1. The van der Waals surface area contributed by atoms with Gasteiger partial charge in [-0.1, -0.05) is 6.08 Å². The summed E-state index contributed by atoms with van der Waals surface area (Å²) in [4.78, 5) is 25.6. The van der Waals surface area contributed by atoms with Crippen molar-refractivity contribution in [2.45, 2.75) is 26.7 Å². The van der Waals surface area contributed by atoms with Gasteiger partial charge in [0.1, 0.15) is 11.6 Å². The zero-order chi connectivity index (χ0) is 16.1. The van der Waals surface area contributed by atoms with Crippen LogP contribution in [0.15, 0.2) is 35.8 Å². The van der Waals surface area contributed by atoms with Crippen LogP contribution in [0.2, 0.25) is 0 Å². The first kappa shape index (κ1) is 15.9. The van der Waals surface area contributed by atoms with E-state index in [1.165, 1.54) is 0 Å². The van der Waals surface area contributed by atoms with E-state index in [2.05, 4.69) is 26.4 Å². The minimum Gasteiger partial charge on any atom is -0.360 e. The van der Waals surface area contributed by atoms with Gasteiger partial charge in [0.15, 0.2) is 0 Å². The van der Waals surface area contributed by atoms with Gasteiger partial charge in [-0.15, -0.1) is 6.58 Å². The molecule has 0 radical (unpaired) electrons. The van der Waals surface area contributed by atoms with Crippen molar-refractivity contribution in [1.82, 2.24) is 15.0 Å². The van der Waals surface area contributed by atoms with E-state index < -0.39 is 0 Å². The fourth-order valence-electron chi connectivity index (χ4n) is 2.12. The molecule has 0 aliphatic rings. The van der Waals surface area contributed by atoms with Crippen LogP contribution in [-0.2, 0) is 0 Å². The third-order valence-electron chi connectivity index (χ3n) is 3.71. The van der Waals surface area contributed by atoms with E-state index in [1.807, 2.05) is 32.2 Å². The SMILES string of the molecule is C=CCCCN(C)c1ccc(-c2nc(C)c(C)c(=O)[nH]2)cn1. The number of anilines is 1. The topological polar surface area (TPSA) is 61.9 Å². The lowest BCUT2D eigenvalue weighted by atomic mass is 10.2. The van der Waals surface area contributed by atoms with Gasteiger partial charge in [0.25, 0.3) is 5.56 Å². The summed E-state index contributed by atoms with van der Waals surface area (Å²) in [6.45, 7) is 8.26. The highest BCUT2D eigenvalue weighted by Crippen LogP contribution is 2.17. The lowest BCUT2D eigenvalue weighted by Gasteiger charge is -2.17. The quantitative estimate of drug-likeness (QED) is 0.658. The third kappa shape index (κ3) is 3.61. The Hall–Kier alpha value is -2.43. The highest BCUT2D eigenvalue weighted by molar-refractivity contribution is 5.56. The number of pyridine rings is 1. The molecule has 2 heterocycles. The van der Waals surface area contributed by atoms with E-state index in [4.69, 9.17) is 0 Å². The van der Waals surface area contributed by atoms with Crippen LogP contribution < -0.4 is 10.5 Å². The zero-order valence-corrected chi connectivity index (χ0v) is 13.4. The second-order valence-corrected chi connectivity index (χ2v) is 5.38. The number of aromatic amines is 1. The second kappa shape index (κ2) is 7.02. The molecule has 0 atom stereocenters. The van der Waals surface area contributed by atoms with Crippen LogP contribution in [0, 0.1) is 13.8 Å². The van der Waals surface area contributed by atoms with Crippen molar-refractivity contribution < 1.29 is 0 Å². The summed E-state index contributed by atoms with van der Waals surface area (Å²) < 4.78 is 0. The summed E-state index contributed by atoms with van der Waals surface area (Å²) in [6.07, 6.45) is 5.71. The number of hydrogen-bond acceptors (Lipinski definition) is 4. The molecule has 2 rings (SSSR count). The largest absolute Gasteiger partial charge is 0.360 e. The number of rotatable bonds is 6. The fourth-order valence-corrected chi connectivity index (χ4v) is 2.12. The maximum Gasteiger partial charge on any atom is 0.254 e. The molecule has 0 amide bonds. The number of nitrogens with zero attached hydrogens (tertiary/aromatic N) is 3. The highest BCUT2D eigenvalue weighted by atomic mass is 16.1. The molecule has 0 fully saturated rings. The molecular formula is C17H22N4O. The predicted molar refractivity (Wildman–Crippen MR) is 90.3 cm³/mol. The molecular weight excluding hydrogens is 276 g/mol. The van der Waals surface area contributed by atoms with E-state index >= 15 is 0 Å². The molecule has 0 unspecified atom stereocenters. The Morgan fingerprint density at radius 1 is 1.36 bits per heavy atom. The average Bonchev–Trinajstić information content (AvgIpc) is 2.52. The first-order valence-corrected chi connectivity index (χ1v) is 7.39. The first-order valence-electron chi connectivity index (χ1n) is 7.39. The van der Waals surface area contributed by atoms with Gasteiger partial charge in [-0.05, 0) is 38.8 Å². The molecule has 0 saturated carbocycles. The van der Waals surface area contributed by atoms with E-state index in [1.54, 1.807) is 13.1 Å². The molecule has 0 aliphatic carbocycles. The fraction of sp³-hybridized carbons (Fsp3) is 0.353. The van der Waals surface area contributed by atoms with Gasteiger partial charge in [-0.25, -0.2) is 9.97 Å². The van der Waals surface area contributed by atoms with Crippen LogP contribution in [0.25, 0.3) is 11.4 Å². The van der Waals surface area contributed by atoms with Crippen LogP contribution in [0.1, 0.15) is 24.1 Å². The molecule has 0 aromatic carbocycles. The first-order chi connectivity index (χ1) is 10.5. The summed E-state index contributed by atoms with van der Waals surface area (Å²) in [5, 5.41) is 0. The van der Waals surface area contributed by atoms with Crippen molar-refractivity contribution in [3.8, 4) is 11.4 Å². The van der Waals surface area contributed by atoms with E-state index in [0.29, 0.717) is 11.4 Å². The molecule has 0 saturated heterocycles. The minimum absolute atomic E-state index is 0.104. The van der Waals surface area contributed by atoms with Gasteiger partial charge in [-0.3, -0.25) is 4.79 Å². The number of H-pyrrole nitrogens is 1. The van der Waals surface area contributed by atoms with Gasteiger partial charge in [0, 0.05) is 36.6 Å². The van der Waals surface area contributed by atoms with Gasteiger partial charge >= 0.3 is 0 Å². The number of hydrogen-bond donors (Lipinski definition) is 1. The third-order valence-corrected chi connectivity index (χ3v) is 3.71. The lowest BCUT2D eigenvalue weighted by molar-refractivity contribution is 0.792. The van der Waals surface area contributed by atoms with Crippen LogP contribution in [0.3, 0.4) is 0 Å². The summed E-state index contributed by atoms with van der Waals surface area (Å²) in [5.74, 6) is 1.46. The molecule has 116 valence electrons. The normalized spacial score (nSPS) is 10.5. The molecule has 0 bridgehead atoms. The molecule has 22 heavy (non-hydrogen) atoms. The van der Waals surface area contributed by atoms with E-state index in [-0.39, 0.29) is 5.56 Å². The summed E-state index contributed by atoms with van der Waals surface area (Å²) >= 11 is 0. The summed E-state index contributed by atoms with van der Waals surface area (Å²) in [6, 6.07) is 3.87. The van der Waals surface area contributed by atoms with Crippen molar-refractivity contribution in [1.29, 1.82) is 0 Å². The molecule has 2 aromatic heterocycles. The van der Waals surface area contributed by atoms with Gasteiger partial charge in [0.05, 0.1) is 0 Å². The molecule has 5 nitrogen and oxygen atoms in total. The van der Waals surface area contributed by atoms with E-state index in [9.17, 15) is 4.79 Å². The number of unbranched alkanes of at least 4 members (excludes halogenated alkanes) is 1. The zero-order valence-electron chi connectivity index (χ0n) is 13.4. The average molecular weight is 298 g/mol. The maximum atomic E-state index is 11.8. The monoisotopic (exact) mass is 298 g/mol. The minimum atomic E-state index is -0.104. The number of aromatic nitrogens is 3. The molecule has 2 aromatic rings. The van der Waals surface area contributed by atoms with Gasteiger partial charge in [0.2, 0.25) is 0 Å². The Bertz CT molecular complexity index is 704. The Balaban J connectivity index is 2.18. The molecule has 0 aliphatic heterocycles. The summed E-state index contributed by atoms with van der Waals surface area (Å²) in [5.41, 5.74) is 2.09. The van der Waals surface area contributed by atoms with E-state index in [0.717, 1.165) is 36.5 Å². The van der Waals surface area contributed by atoms with Crippen molar-refractivity contribution in [3.05, 3.63) is 52.6 Å². The van der Waals surface area contributed by atoms with Gasteiger partial charge in [-0.2, -0.15) is 0 Å². The lowest BCUT2D eigenvalue weighted by Crippen LogP contribution is -2.19. The Morgan fingerprint density at radius 2 is 2.14 bits per heavy atom. The van der Waals surface area contributed by atoms with Crippen molar-refractivity contribution in [2.24, 2.45) is 0 Å². The van der Waals surface area contributed by atoms with Gasteiger partial charge < -0.3 is 9.88 Å². The van der Waals surface area contributed by atoms with Crippen LogP contribution >= 0.6 is 0 Å². The van der Waals surface area contributed by atoms with Crippen LogP contribution in [0.5, 0.6) is 0 Å². The number of allylic oxidation sites excluding steroid dienone is 1. The Labute approximate surface area is 130 Å².